The number of hydrogen-bond acceptors (Lipinski definition) is 6. The van der Waals surface area contributed by atoms with Gasteiger partial charge < -0.3 is 24.4 Å². The smallest absolute Gasteiger partial charge is 0.486 e. The average Bonchev–Trinajstić information content (AvgIpc) is 3.36. The highest BCUT2D eigenvalue weighted by Gasteiger charge is 2.38. The number of carbonyl (C=O) groups is 1. The molecular formula is C18H18F6N2O5. The number of carboxylic acid groups (broad SMARTS) is 1. The summed E-state index contributed by atoms with van der Waals surface area (Å²) in [4.78, 5) is 8.90. The first-order valence-corrected chi connectivity index (χ1v) is 8.87. The largest absolute Gasteiger partial charge is 0.490 e. The predicted molar refractivity (Wildman–Crippen MR) is 92.5 cm³/mol. The van der Waals surface area contributed by atoms with Gasteiger partial charge in [-0.2, -0.15) is 26.3 Å². The summed E-state index contributed by atoms with van der Waals surface area (Å²) in [5.41, 5.74) is -0.759. The summed E-state index contributed by atoms with van der Waals surface area (Å²) in [6.45, 7) is 1.46. The van der Waals surface area contributed by atoms with Crippen molar-refractivity contribution < 1.29 is 50.2 Å². The van der Waals surface area contributed by atoms with Crippen molar-refractivity contribution in [3.8, 4) is 11.6 Å². The molecule has 0 saturated carbocycles. The maximum atomic E-state index is 12.6. The SMILES string of the molecule is FC(F)(F)c1cccc(OCc2cc(OC[C@@H]3CCCN3)no2)c1.O=C(O)C(F)(F)F. The van der Waals surface area contributed by atoms with Gasteiger partial charge in [0.05, 0.1) is 5.56 Å². The topological polar surface area (TPSA) is 93.8 Å². The number of nitrogens with one attached hydrogen (secondary N) is 1. The van der Waals surface area contributed by atoms with Gasteiger partial charge in [-0.05, 0) is 42.7 Å². The van der Waals surface area contributed by atoms with Crippen LogP contribution in [0.15, 0.2) is 34.9 Å². The Kier molecular flexibility index (Phi) is 8.14. The normalized spacial score (nSPS) is 16.4. The summed E-state index contributed by atoms with van der Waals surface area (Å²) >= 11 is 0. The number of benzene rings is 1. The molecule has 0 radical (unpaired) electrons. The molecule has 1 atom stereocenters. The highest BCUT2D eigenvalue weighted by Crippen LogP contribution is 2.31. The second kappa shape index (κ2) is 10.4. The van der Waals surface area contributed by atoms with Crippen molar-refractivity contribution in [3.63, 3.8) is 0 Å². The van der Waals surface area contributed by atoms with Crippen LogP contribution in [0.2, 0.25) is 0 Å². The van der Waals surface area contributed by atoms with Crippen LogP contribution in [0.1, 0.15) is 24.2 Å². The fourth-order valence-electron chi connectivity index (χ4n) is 2.43. The van der Waals surface area contributed by atoms with E-state index in [-0.39, 0.29) is 12.4 Å². The van der Waals surface area contributed by atoms with Crippen LogP contribution in [0, 0.1) is 0 Å². The highest BCUT2D eigenvalue weighted by molar-refractivity contribution is 5.73. The third kappa shape index (κ3) is 8.36. The number of aromatic nitrogens is 1. The second-order valence-electron chi connectivity index (χ2n) is 6.35. The van der Waals surface area contributed by atoms with Crippen LogP contribution in [0.5, 0.6) is 11.6 Å². The van der Waals surface area contributed by atoms with Crippen molar-refractivity contribution in [3.05, 3.63) is 41.7 Å². The maximum absolute atomic E-state index is 12.6. The van der Waals surface area contributed by atoms with Crippen LogP contribution in [0.25, 0.3) is 0 Å². The molecule has 2 heterocycles. The van der Waals surface area contributed by atoms with E-state index in [0.717, 1.165) is 31.5 Å². The van der Waals surface area contributed by atoms with Crippen molar-refractivity contribution in [1.82, 2.24) is 10.5 Å². The lowest BCUT2D eigenvalue weighted by Gasteiger charge is -2.09. The molecule has 0 bridgehead atoms. The molecule has 1 saturated heterocycles. The zero-order valence-corrected chi connectivity index (χ0v) is 15.8. The van der Waals surface area contributed by atoms with E-state index in [1.54, 1.807) is 6.07 Å². The van der Waals surface area contributed by atoms with Gasteiger partial charge in [0.1, 0.15) is 19.0 Å². The second-order valence-corrected chi connectivity index (χ2v) is 6.35. The van der Waals surface area contributed by atoms with Crippen LogP contribution >= 0.6 is 0 Å². The van der Waals surface area contributed by atoms with E-state index < -0.39 is 23.9 Å². The first-order chi connectivity index (χ1) is 14.4. The lowest BCUT2D eigenvalue weighted by atomic mass is 10.2. The summed E-state index contributed by atoms with van der Waals surface area (Å²) in [5.74, 6) is -1.93. The van der Waals surface area contributed by atoms with Gasteiger partial charge in [-0.15, -0.1) is 0 Å². The van der Waals surface area contributed by atoms with Crippen molar-refractivity contribution >= 4 is 5.97 Å². The molecule has 0 aliphatic carbocycles. The van der Waals surface area contributed by atoms with Gasteiger partial charge in [-0.3, -0.25) is 0 Å². The molecule has 1 aromatic heterocycles. The molecule has 0 amide bonds. The minimum Gasteiger partial charge on any atom is -0.486 e. The first kappa shape index (κ1) is 24.3. The molecule has 7 nitrogen and oxygen atoms in total. The van der Waals surface area contributed by atoms with Gasteiger partial charge in [-0.25, -0.2) is 4.79 Å². The Morgan fingerprint density at radius 2 is 1.90 bits per heavy atom. The molecular weight excluding hydrogens is 438 g/mol. The Morgan fingerprint density at radius 1 is 1.19 bits per heavy atom. The zero-order valence-electron chi connectivity index (χ0n) is 15.8. The molecule has 1 aliphatic heterocycles. The van der Waals surface area contributed by atoms with Crippen molar-refractivity contribution in [2.24, 2.45) is 0 Å². The molecule has 1 aromatic carbocycles. The fourth-order valence-corrected chi connectivity index (χ4v) is 2.43. The van der Waals surface area contributed by atoms with Crippen LogP contribution < -0.4 is 14.8 Å². The predicted octanol–water partition coefficient (Wildman–Crippen LogP) is 4.04. The number of rotatable bonds is 6. The summed E-state index contributed by atoms with van der Waals surface area (Å²) in [5, 5.41) is 14.2. The van der Waals surface area contributed by atoms with Gasteiger partial charge >= 0.3 is 18.3 Å². The standard InChI is InChI=1S/C16H17F3N2O3.C2HF3O2/c17-16(18,19)11-3-1-5-13(7-11)22-10-14-8-15(21-24-14)23-9-12-4-2-6-20-12;3-2(4,5)1(6)7/h1,3,5,7-8,12,20H,2,4,6,9-10H2;(H,6,7)/t12-;/m0./s1. The van der Waals surface area contributed by atoms with Crippen molar-refractivity contribution in [2.45, 2.75) is 37.8 Å². The molecule has 172 valence electrons. The third-order valence-corrected chi connectivity index (χ3v) is 3.92. The summed E-state index contributed by atoms with van der Waals surface area (Å²) in [6, 6.07) is 6.56. The third-order valence-electron chi connectivity index (χ3n) is 3.92. The fraction of sp³-hybridized carbons (Fsp3) is 0.444. The van der Waals surface area contributed by atoms with Crippen LogP contribution in [0.4, 0.5) is 26.3 Å². The Bertz CT molecular complexity index is 846. The average molecular weight is 456 g/mol. The molecule has 2 N–H and O–H groups in total. The summed E-state index contributed by atoms with van der Waals surface area (Å²) in [6.07, 6.45) is -7.30. The van der Waals surface area contributed by atoms with E-state index in [0.29, 0.717) is 24.3 Å². The first-order valence-electron chi connectivity index (χ1n) is 8.87. The number of hydrogen-bond donors (Lipinski definition) is 2. The van der Waals surface area contributed by atoms with Crippen molar-refractivity contribution in [2.75, 3.05) is 13.2 Å². The van der Waals surface area contributed by atoms with Crippen LogP contribution in [0.3, 0.4) is 0 Å². The summed E-state index contributed by atoms with van der Waals surface area (Å²) in [7, 11) is 0. The van der Waals surface area contributed by atoms with Crippen LogP contribution in [-0.2, 0) is 17.6 Å². The minimum atomic E-state index is -5.08. The Labute approximate surface area is 171 Å². The van der Waals surface area contributed by atoms with Gasteiger partial charge in [0, 0.05) is 12.1 Å². The quantitative estimate of drug-likeness (QED) is 0.634. The molecule has 2 aromatic rings. The maximum Gasteiger partial charge on any atom is 0.490 e. The molecule has 13 heteroatoms. The highest BCUT2D eigenvalue weighted by atomic mass is 19.4. The lowest BCUT2D eigenvalue weighted by molar-refractivity contribution is -0.192. The molecule has 0 spiro atoms. The minimum absolute atomic E-state index is 0.0284. The van der Waals surface area contributed by atoms with Crippen LogP contribution in [-0.4, -0.2) is 41.6 Å². The Morgan fingerprint density at radius 3 is 2.48 bits per heavy atom. The number of halogens is 6. The Hall–Kier alpha value is -2.96. The number of ether oxygens (including phenoxy) is 2. The molecule has 1 aliphatic rings. The van der Waals surface area contributed by atoms with E-state index in [4.69, 9.17) is 23.9 Å². The van der Waals surface area contributed by atoms with E-state index in [1.807, 2.05) is 0 Å². The van der Waals surface area contributed by atoms with E-state index in [9.17, 15) is 26.3 Å². The summed E-state index contributed by atoms with van der Waals surface area (Å²) < 4.78 is 85.5. The van der Waals surface area contributed by atoms with E-state index >= 15 is 0 Å². The molecule has 1 fully saturated rings. The molecule has 31 heavy (non-hydrogen) atoms. The number of nitrogens with zero attached hydrogens (tertiary/aromatic N) is 1. The number of alkyl halides is 6. The zero-order chi connectivity index (χ0) is 23.1. The van der Waals surface area contributed by atoms with Gasteiger partial charge in [0.2, 0.25) is 0 Å². The van der Waals surface area contributed by atoms with Crippen molar-refractivity contribution in [1.29, 1.82) is 0 Å². The molecule has 0 unspecified atom stereocenters. The number of carboxylic acids is 1. The van der Waals surface area contributed by atoms with E-state index in [2.05, 4.69) is 10.5 Å². The van der Waals surface area contributed by atoms with Gasteiger partial charge in [-0.1, -0.05) is 6.07 Å². The van der Waals surface area contributed by atoms with Gasteiger partial charge in [0.25, 0.3) is 5.88 Å². The Balaban J connectivity index is 0.000000423. The number of aliphatic carboxylic acids is 1. The van der Waals surface area contributed by atoms with Gasteiger partial charge in [0.15, 0.2) is 5.76 Å². The van der Waals surface area contributed by atoms with E-state index in [1.165, 1.54) is 12.1 Å². The monoisotopic (exact) mass is 456 g/mol. The lowest BCUT2D eigenvalue weighted by Crippen LogP contribution is -2.28. The molecule has 3 rings (SSSR count).